The molecule has 1 fully saturated rings. The van der Waals surface area contributed by atoms with Crippen LogP contribution in [0, 0.1) is 5.92 Å². The van der Waals surface area contributed by atoms with Gasteiger partial charge in [0, 0.05) is 18.4 Å². The smallest absolute Gasteiger partial charge is 0.244 e. The first kappa shape index (κ1) is 14.2. The van der Waals surface area contributed by atoms with E-state index < -0.39 is 10.0 Å². The largest absolute Gasteiger partial charge is 0.323 e. The zero-order chi connectivity index (χ0) is 13.9. The van der Waals surface area contributed by atoms with Crippen LogP contribution in [-0.4, -0.2) is 19.4 Å². The van der Waals surface area contributed by atoms with Crippen molar-refractivity contribution < 1.29 is 8.42 Å². The Morgan fingerprint density at radius 2 is 2.00 bits per heavy atom. The third-order valence-corrected chi connectivity index (χ3v) is 5.12. The van der Waals surface area contributed by atoms with Crippen molar-refractivity contribution in [3.63, 3.8) is 0 Å². The highest BCUT2D eigenvalue weighted by molar-refractivity contribution is 7.89. The fraction of sp³-hybridized carbons (Fsp3) is 0.583. The number of hydrogen-bond acceptors (Lipinski definition) is 5. The summed E-state index contributed by atoms with van der Waals surface area (Å²) >= 11 is 0. The van der Waals surface area contributed by atoms with Crippen molar-refractivity contribution in [1.29, 1.82) is 0 Å². The molecule has 1 aromatic heterocycles. The van der Waals surface area contributed by atoms with Crippen LogP contribution in [0.4, 0.5) is 5.69 Å². The number of hydrazine groups is 1. The first-order valence-corrected chi connectivity index (χ1v) is 7.94. The molecule has 106 valence electrons. The van der Waals surface area contributed by atoms with Crippen LogP contribution < -0.4 is 16.0 Å². The Hall–Kier alpha value is -1.18. The van der Waals surface area contributed by atoms with E-state index in [1.807, 2.05) is 0 Å². The molecule has 1 saturated carbocycles. The van der Waals surface area contributed by atoms with Gasteiger partial charge in [-0.2, -0.15) is 0 Å². The van der Waals surface area contributed by atoms with E-state index in [-0.39, 0.29) is 10.9 Å². The predicted octanol–water partition coefficient (Wildman–Crippen LogP) is 1.22. The molecule has 0 aromatic carbocycles. The molecule has 2 rings (SSSR count). The first-order valence-electron chi connectivity index (χ1n) is 6.46. The molecule has 1 heterocycles. The highest BCUT2D eigenvalue weighted by Crippen LogP contribution is 2.26. The SMILES string of the molecule is CC1CCC(NS(=O)(=O)c2cnccc2NN)CC1. The van der Waals surface area contributed by atoms with Crippen LogP contribution in [0.3, 0.4) is 0 Å². The number of nitrogen functional groups attached to an aromatic ring is 1. The van der Waals surface area contributed by atoms with Gasteiger partial charge in [-0.15, -0.1) is 0 Å². The lowest BCUT2D eigenvalue weighted by Crippen LogP contribution is -2.37. The number of nitrogens with zero attached hydrogens (tertiary/aromatic N) is 1. The van der Waals surface area contributed by atoms with Crippen LogP contribution in [0.15, 0.2) is 23.4 Å². The Balaban J connectivity index is 2.14. The summed E-state index contributed by atoms with van der Waals surface area (Å²) in [6.45, 7) is 2.20. The van der Waals surface area contributed by atoms with E-state index in [0.29, 0.717) is 11.6 Å². The van der Waals surface area contributed by atoms with Gasteiger partial charge in [0.2, 0.25) is 10.0 Å². The number of sulfonamides is 1. The zero-order valence-corrected chi connectivity index (χ0v) is 11.8. The molecule has 4 N–H and O–H groups in total. The third-order valence-electron chi connectivity index (χ3n) is 3.57. The van der Waals surface area contributed by atoms with Crippen molar-refractivity contribution in [2.24, 2.45) is 11.8 Å². The number of anilines is 1. The Morgan fingerprint density at radius 1 is 1.32 bits per heavy atom. The van der Waals surface area contributed by atoms with E-state index >= 15 is 0 Å². The van der Waals surface area contributed by atoms with Crippen molar-refractivity contribution in [3.05, 3.63) is 18.5 Å². The van der Waals surface area contributed by atoms with Crippen molar-refractivity contribution in [2.45, 2.75) is 43.5 Å². The third kappa shape index (κ3) is 3.43. The summed E-state index contributed by atoms with van der Waals surface area (Å²) in [4.78, 5) is 3.94. The number of pyridine rings is 1. The second kappa shape index (κ2) is 5.85. The predicted molar refractivity (Wildman–Crippen MR) is 73.8 cm³/mol. The van der Waals surface area contributed by atoms with Gasteiger partial charge in [0.25, 0.3) is 0 Å². The van der Waals surface area contributed by atoms with E-state index in [4.69, 9.17) is 5.84 Å². The molecule has 0 bridgehead atoms. The van der Waals surface area contributed by atoms with E-state index in [1.54, 1.807) is 0 Å². The van der Waals surface area contributed by atoms with E-state index in [1.165, 1.54) is 18.5 Å². The summed E-state index contributed by atoms with van der Waals surface area (Å²) in [5.74, 6) is 6.01. The maximum atomic E-state index is 12.3. The van der Waals surface area contributed by atoms with Crippen LogP contribution in [0.5, 0.6) is 0 Å². The summed E-state index contributed by atoms with van der Waals surface area (Å²) in [6, 6.07) is 1.55. The summed E-state index contributed by atoms with van der Waals surface area (Å²) in [7, 11) is -3.58. The summed E-state index contributed by atoms with van der Waals surface area (Å²) in [5, 5.41) is 0. The zero-order valence-electron chi connectivity index (χ0n) is 11.0. The minimum Gasteiger partial charge on any atom is -0.323 e. The number of rotatable bonds is 4. The van der Waals surface area contributed by atoms with Crippen LogP contribution in [0.2, 0.25) is 0 Å². The molecule has 0 saturated heterocycles. The number of nitrogens with one attached hydrogen (secondary N) is 2. The van der Waals surface area contributed by atoms with Gasteiger partial charge in [-0.3, -0.25) is 10.8 Å². The minimum atomic E-state index is -3.58. The molecular formula is C12H20N4O2S. The van der Waals surface area contributed by atoms with Gasteiger partial charge in [-0.1, -0.05) is 6.92 Å². The molecule has 1 aliphatic rings. The van der Waals surface area contributed by atoms with Crippen molar-refractivity contribution in [2.75, 3.05) is 5.43 Å². The Kier molecular flexibility index (Phi) is 4.38. The Labute approximate surface area is 113 Å². The van der Waals surface area contributed by atoms with Gasteiger partial charge in [0.1, 0.15) is 4.90 Å². The molecule has 0 aliphatic heterocycles. The summed E-state index contributed by atoms with van der Waals surface area (Å²) in [6.07, 6.45) is 6.68. The van der Waals surface area contributed by atoms with Gasteiger partial charge >= 0.3 is 0 Å². The second-order valence-corrected chi connectivity index (χ2v) is 6.78. The fourth-order valence-corrected chi connectivity index (χ4v) is 3.79. The number of nitrogens with two attached hydrogens (primary N) is 1. The molecular weight excluding hydrogens is 264 g/mol. The van der Waals surface area contributed by atoms with Crippen molar-refractivity contribution in [3.8, 4) is 0 Å². The second-order valence-electron chi connectivity index (χ2n) is 5.09. The molecule has 1 aromatic rings. The van der Waals surface area contributed by atoms with Gasteiger partial charge in [0.05, 0.1) is 5.69 Å². The van der Waals surface area contributed by atoms with Crippen LogP contribution in [0.1, 0.15) is 32.6 Å². The normalized spacial score (nSPS) is 24.1. The molecule has 0 unspecified atom stereocenters. The maximum absolute atomic E-state index is 12.3. The molecule has 7 heteroatoms. The highest BCUT2D eigenvalue weighted by Gasteiger charge is 2.25. The van der Waals surface area contributed by atoms with Crippen molar-refractivity contribution >= 4 is 15.7 Å². The van der Waals surface area contributed by atoms with Crippen LogP contribution >= 0.6 is 0 Å². The summed E-state index contributed by atoms with van der Waals surface area (Å²) < 4.78 is 27.4. The Bertz CT molecular complexity index is 524. The highest BCUT2D eigenvalue weighted by atomic mass is 32.2. The topological polar surface area (TPSA) is 97.1 Å². The average molecular weight is 284 g/mol. The lowest BCUT2D eigenvalue weighted by Gasteiger charge is -2.26. The molecule has 0 atom stereocenters. The van der Waals surface area contributed by atoms with Crippen LogP contribution in [-0.2, 0) is 10.0 Å². The molecule has 0 spiro atoms. The quantitative estimate of drug-likeness (QED) is 0.570. The van der Waals surface area contributed by atoms with Crippen LogP contribution in [0.25, 0.3) is 0 Å². The molecule has 0 radical (unpaired) electrons. The first-order chi connectivity index (χ1) is 9.03. The van der Waals surface area contributed by atoms with E-state index in [9.17, 15) is 8.42 Å². The van der Waals surface area contributed by atoms with E-state index in [0.717, 1.165) is 25.7 Å². The summed E-state index contributed by atoms with van der Waals surface area (Å²) in [5.41, 5.74) is 2.74. The maximum Gasteiger partial charge on any atom is 0.244 e. The van der Waals surface area contributed by atoms with Gasteiger partial charge in [-0.05, 0) is 37.7 Å². The van der Waals surface area contributed by atoms with E-state index in [2.05, 4.69) is 22.1 Å². The standard InChI is InChI=1S/C12H20N4O2S/c1-9-2-4-10(5-3-9)16-19(17,18)12-8-14-7-6-11(12)15-13/h6-10,16H,2-5,13H2,1H3,(H,14,15). The number of hydrogen-bond donors (Lipinski definition) is 3. The minimum absolute atomic E-state index is 0.00651. The van der Waals surface area contributed by atoms with Gasteiger partial charge in [0.15, 0.2) is 0 Å². The molecule has 1 aliphatic carbocycles. The lowest BCUT2D eigenvalue weighted by molar-refractivity contribution is 0.332. The van der Waals surface area contributed by atoms with Gasteiger partial charge in [-0.25, -0.2) is 13.1 Å². The fourth-order valence-electron chi connectivity index (χ4n) is 2.37. The van der Waals surface area contributed by atoms with Crippen molar-refractivity contribution in [1.82, 2.24) is 9.71 Å². The molecule has 6 nitrogen and oxygen atoms in total. The van der Waals surface area contributed by atoms with Gasteiger partial charge < -0.3 is 5.43 Å². The lowest BCUT2D eigenvalue weighted by atomic mass is 9.88. The monoisotopic (exact) mass is 284 g/mol. The molecule has 0 amide bonds. The Morgan fingerprint density at radius 3 is 2.63 bits per heavy atom. The average Bonchev–Trinajstić information content (AvgIpc) is 2.41. The molecule has 19 heavy (non-hydrogen) atoms. The number of aromatic nitrogens is 1.